The number of halogens is 3. The van der Waals surface area contributed by atoms with Crippen molar-refractivity contribution in [2.75, 3.05) is 11.5 Å². The van der Waals surface area contributed by atoms with Crippen molar-refractivity contribution in [3.05, 3.63) is 88.9 Å². The number of carbonyl (C=O) groups is 1. The number of imidazole rings is 1. The Morgan fingerprint density at radius 1 is 1.21 bits per heavy atom. The molecule has 0 N–H and O–H groups in total. The number of benzene rings is 2. The van der Waals surface area contributed by atoms with Gasteiger partial charge in [-0.05, 0) is 49.7 Å². The van der Waals surface area contributed by atoms with Gasteiger partial charge < -0.3 is 9.30 Å². The van der Waals surface area contributed by atoms with E-state index in [0.717, 1.165) is 12.1 Å². The van der Waals surface area contributed by atoms with Gasteiger partial charge in [0.1, 0.15) is 0 Å². The van der Waals surface area contributed by atoms with Crippen molar-refractivity contribution in [3.63, 3.8) is 0 Å². The van der Waals surface area contributed by atoms with Crippen LogP contribution in [0.5, 0.6) is 0 Å². The zero-order valence-corrected chi connectivity index (χ0v) is 17.8. The summed E-state index contributed by atoms with van der Waals surface area (Å²) in [5.74, 6) is -0.227. The molecule has 6 nitrogen and oxygen atoms in total. The van der Waals surface area contributed by atoms with Gasteiger partial charge in [0, 0.05) is 23.8 Å². The predicted molar refractivity (Wildman–Crippen MR) is 114 cm³/mol. The van der Waals surface area contributed by atoms with Gasteiger partial charge in [0.05, 0.1) is 35.4 Å². The Balaban J connectivity index is 1.93. The van der Waals surface area contributed by atoms with E-state index in [2.05, 4.69) is 11.1 Å². The van der Waals surface area contributed by atoms with Crippen LogP contribution in [-0.4, -0.2) is 22.1 Å². The van der Waals surface area contributed by atoms with Gasteiger partial charge in [-0.15, -0.1) is 0 Å². The Morgan fingerprint density at radius 2 is 1.94 bits per heavy atom. The summed E-state index contributed by atoms with van der Waals surface area (Å²) in [6.45, 7) is 3.47. The Morgan fingerprint density at radius 3 is 2.58 bits per heavy atom. The van der Waals surface area contributed by atoms with Crippen LogP contribution in [0.4, 0.5) is 24.8 Å². The van der Waals surface area contributed by atoms with Crippen molar-refractivity contribution < 1.29 is 22.7 Å². The summed E-state index contributed by atoms with van der Waals surface area (Å²) in [6.07, 6.45) is -1.34. The van der Waals surface area contributed by atoms with Crippen LogP contribution in [0.2, 0.25) is 0 Å². The van der Waals surface area contributed by atoms with Crippen LogP contribution in [0.3, 0.4) is 0 Å². The molecule has 4 rings (SSSR count). The van der Waals surface area contributed by atoms with Crippen molar-refractivity contribution >= 4 is 17.6 Å². The summed E-state index contributed by atoms with van der Waals surface area (Å²) in [5.41, 5.74) is 1.25. The van der Waals surface area contributed by atoms with Gasteiger partial charge in [-0.25, -0.2) is 9.78 Å². The molecule has 0 saturated carbocycles. The second kappa shape index (κ2) is 8.47. The highest BCUT2D eigenvalue weighted by Crippen LogP contribution is 2.43. The normalized spacial score (nSPS) is 15.8. The highest BCUT2D eigenvalue weighted by atomic mass is 19.4. The summed E-state index contributed by atoms with van der Waals surface area (Å²) in [7, 11) is 0. The van der Waals surface area contributed by atoms with Crippen LogP contribution in [0.1, 0.15) is 36.6 Å². The van der Waals surface area contributed by atoms with E-state index < -0.39 is 23.8 Å². The average Bonchev–Trinajstić information content (AvgIpc) is 3.27. The number of nitriles is 1. The number of ether oxygens (including phenoxy) is 1. The number of esters is 1. The minimum atomic E-state index is -4.52. The second-order valence-corrected chi connectivity index (χ2v) is 7.37. The van der Waals surface area contributed by atoms with Gasteiger partial charge >= 0.3 is 12.1 Å². The molecule has 3 aromatic rings. The van der Waals surface area contributed by atoms with Crippen molar-refractivity contribution in [2.45, 2.75) is 26.1 Å². The van der Waals surface area contributed by atoms with Crippen LogP contribution >= 0.6 is 0 Å². The Bertz CT molecular complexity index is 1270. The third kappa shape index (κ3) is 3.96. The fourth-order valence-corrected chi connectivity index (χ4v) is 3.95. The zero-order valence-electron chi connectivity index (χ0n) is 17.8. The number of alkyl halides is 3. The third-order valence-corrected chi connectivity index (χ3v) is 5.41. The van der Waals surface area contributed by atoms with Crippen LogP contribution in [0.25, 0.3) is 0 Å². The van der Waals surface area contributed by atoms with E-state index in [4.69, 9.17) is 10.00 Å². The maximum Gasteiger partial charge on any atom is 0.416 e. The number of nitrogens with zero attached hydrogens (tertiary/aromatic N) is 4. The molecule has 9 heteroatoms. The molecule has 0 unspecified atom stereocenters. The largest absolute Gasteiger partial charge is 0.463 e. The lowest BCUT2D eigenvalue weighted by molar-refractivity contribution is -0.139. The third-order valence-electron chi connectivity index (χ3n) is 5.41. The fourth-order valence-electron chi connectivity index (χ4n) is 3.95. The Labute approximate surface area is 188 Å². The van der Waals surface area contributed by atoms with Crippen molar-refractivity contribution in [2.24, 2.45) is 0 Å². The van der Waals surface area contributed by atoms with Crippen molar-refractivity contribution in [3.8, 4) is 6.07 Å². The van der Waals surface area contributed by atoms with Gasteiger partial charge in [0.2, 0.25) is 5.95 Å². The molecule has 1 aromatic heterocycles. The number of allylic oxidation sites excluding steroid dienone is 1. The first kappa shape index (κ1) is 22.1. The van der Waals surface area contributed by atoms with E-state index in [-0.39, 0.29) is 17.9 Å². The molecular formula is C24H19F3N4O2. The topological polar surface area (TPSA) is 71.2 Å². The molecule has 1 atom stereocenters. The van der Waals surface area contributed by atoms with Gasteiger partial charge in [0.25, 0.3) is 0 Å². The van der Waals surface area contributed by atoms with Crippen LogP contribution in [-0.2, 0) is 15.7 Å². The molecule has 0 saturated heterocycles. The molecule has 0 aliphatic carbocycles. The van der Waals surface area contributed by atoms with E-state index in [0.29, 0.717) is 22.8 Å². The molecule has 1 aliphatic heterocycles. The summed E-state index contributed by atoms with van der Waals surface area (Å²) in [5, 5.41) is 9.12. The summed E-state index contributed by atoms with van der Waals surface area (Å²) in [6, 6.07) is 13.0. The number of rotatable bonds is 4. The predicted octanol–water partition coefficient (Wildman–Crippen LogP) is 5.35. The molecular weight excluding hydrogens is 433 g/mol. The molecule has 33 heavy (non-hydrogen) atoms. The lowest BCUT2D eigenvalue weighted by Gasteiger charge is -2.36. The number of fused-ring (bicyclic) bond motifs is 1. The first-order chi connectivity index (χ1) is 15.8. The summed E-state index contributed by atoms with van der Waals surface area (Å²) in [4.78, 5) is 19.0. The van der Waals surface area contributed by atoms with Gasteiger partial charge in [-0.3, -0.25) is 4.90 Å². The summed E-state index contributed by atoms with van der Waals surface area (Å²) < 4.78 is 47.1. The number of hydrogen-bond acceptors (Lipinski definition) is 5. The van der Waals surface area contributed by atoms with Crippen LogP contribution in [0.15, 0.2) is 72.2 Å². The molecule has 0 spiro atoms. The Hall–Kier alpha value is -4.06. The minimum Gasteiger partial charge on any atom is -0.463 e. The molecule has 168 valence electrons. The monoisotopic (exact) mass is 452 g/mol. The maximum absolute atomic E-state index is 13.4. The van der Waals surface area contributed by atoms with Crippen LogP contribution in [0, 0.1) is 11.3 Å². The smallest absolute Gasteiger partial charge is 0.416 e. The van der Waals surface area contributed by atoms with E-state index in [1.165, 1.54) is 23.2 Å². The molecule has 1 aliphatic rings. The lowest BCUT2D eigenvalue weighted by atomic mass is 9.93. The standard InChI is InChI=1S/C24H19F3N4O2/c1-3-33-22(32)20-15(2)31(19-6-4-5-18(13-19)24(25,26)27)23-29-11-12-30(23)21(20)17-9-7-16(14-28)8-10-17/h4-13,21H,3H2,1-2H3/t21-/m1/s1. The molecule has 0 amide bonds. The number of hydrogen-bond donors (Lipinski definition) is 0. The van der Waals surface area contributed by atoms with Crippen molar-refractivity contribution in [1.82, 2.24) is 9.55 Å². The number of anilines is 2. The highest BCUT2D eigenvalue weighted by molar-refractivity contribution is 5.93. The molecule has 0 bridgehead atoms. The van der Waals surface area contributed by atoms with E-state index in [1.807, 2.05) is 0 Å². The lowest BCUT2D eigenvalue weighted by Crippen LogP contribution is -2.34. The highest BCUT2D eigenvalue weighted by Gasteiger charge is 2.38. The zero-order chi connectivity index (χ0) is 23.8. The van der Waals surface area contributed by atoms with Gasteiger partial charge in [0.15, 0.2) is 0 Å². The number of carbonyl (C=O) groups excluding carboxylic acids is 1. The first-order valence-electron chi connectivity index (χ1n) is 10.1. The van der Waals surface area contributed by atoms with Crippen LogP contribution < -0.4 is 4.90 Å². The van der Waals surface area contributed by atoms with Gasteiger partial charge in [-0.2, -0.15) is 18.4 Å². The average molecular weight is 452 g/mol. The summed E-state index contributed by atoms with van der Waals surface area (Å²) >= 11 is 0. The SMILES string of the molecule is CCOC(=O)C1=C(C)N(c2cccc(C(F)(F)F)c2)c2nccn2[C@@H]1c1ccc(C#N)cc1. The number of aromatic nitrogens is 2. The molecule has 2 heterocycles. The van der Waals surface area contributed by atoms with E-state index in [1.54, 1.807) is 48.9 Å². The molecule has 0 fully saturated rings. The van der Waals surface area contributed by atoms with E-state index in [9.17, 15) is 18.0 Å². The van der Waals surface area contributed by atoms with Crippen molar-refractivity contribution in [1.29, 1.82) is 5.26 Å². The molecule has 2 aromatic carbocycles. The van der Waals surface area contributed by atoms with Gasteiger partial charge in [-0.1, -0.05) is 18.2 Å². The second-order valence-electron chi connectivity index (χ2n) is 7.37. The minimum absolute atomic E-state index is 0.135. The Kier molecular flexibility index (Phi) is 5.68. The fraction of sp³-hybridized carbons (Fsp3) is 0.208. The first-order valence-corrected chi connectivity index (χ1v) is 10.1. The van der Waals surface area contributed by atoms with E-state index >= 15 is 0 Å². The maximum atomic E-state index is 13.4. The quantitative estimate of drug-likeness (QED) is 0.499. The molecule has 0 radical (unpaired) electrons.